The number of H-pyrrole nitrogens is 1. The molecule has 5 nitrogen and oxygen atoms in total. The molecule has 7 heteroatoms. The highest BCUT2D eigenvalue weighted by atomic mass is 35.5. The van der Waals surface area contributed by atoms with Crippen LogP contribution in [0.4, 0.5) is 0 Å². The summed E-state index contributed by atoms with van der Waals surface area (Å²) in [6, 6.07) is 8.20. The van der Waals surface area contributed by atoms with Gasteiger partial charge in [0.15, 0.2) is 0 Å². The van der Waals surface area contributed by atoms with E-state index in [1.54, 1.807) is 18.2 Å². The summed E-state index contributed by atoms with van der Waals surface area (Å²) >= 11 is 12.0. The summed E-state index contributed by atoms with van der Waals surface area (Å²) in [5.41, 5.74) is 0.965. The zero-order valence-corrected chi connectivity index (χ0v) is 12.2. The molecule has 108 valence electrons. The van der Waals surface area contributed by atoms with Gasteiger partial charge >= 0.3 is 0 Å². The molecule has 21 heavy (non-hydrogen) atoms. The van der Waals surface area contributed by atoms with Gasteiger partial charge in [-0.3, -0.25) is 4.79 Å². The van der Waals surface area contributed by atoms with Crippen LogP contribution in [-0.2, 0) is 0 Å². The Bertz CT molecular complexity index is 686. The highest BCUT2D eigenvalue weighted by molar-refractivity contribution is 6.36. The van der Waals surface area contributed by atoms with E-state index in [-0.39, 0.29) is 12.2 Å². The summed E-state index contributed by atoms with van der Waals surface area (Å²) in [7, 11) is 0. The van der Waals surface area contributed by atoms with Crippen LogP contribution in [0.2, 0.25) is 10.0 Å². The lowest BCUT2D eigenvalue weighted by atomic mass is 10.1. The molecule has 0 saturated heterocycles. The molecule has 0 fully saturated rings. The van der Waals surface area contributed by atoms with Crippen molar-refractivity contribution < 1.29 is 9.90 Å². The lowest BCUT2D eigenvalue weighted by Gasteiger charge is -2.15. The molecule has 1 atom stereocenters. The summed E-state index contributed by atoms with van der Waals surface area (Å²) < 4.78 is 0. The Labute approximate surface area is 131 Å². The average molecular weight is 324 g/mol. The van der Waals surface area contributed by atoms with Gasteiger partial charge in [0.05, 0.1) is 11.7 Å². The number of nitrogens with zero attached hydrogens (tertiary/aromatic N) is 1. The number of nitrogens with one attached hydrogen (secondary N) is 2. The summed E-state index contributed by atoms with van der Waals surface area (Å²) in [5, 5.41) is 22.0. The van der Waals surface area contributed by atoms with Gasteiger partial charge in [0.1, 0.15) is 11.8 Å². The largest absolute Gasteiger partial charge is 0.386 e. The summed E-state index contributed by atoms with van der Waals surface area (Å²) in [6.45, 7) is -0.0463. The molecule has 1 amide bonds. The second-order valence-electron chi connectivity index (χ2n) is 4.27. The van der Waals surface area contributed by atoms with Crippen LogP contribution in [-0.4, -0.2) is 22.5 Å². The Morgan fingerprint density at radius 2 is 2.10 bits per heavy atom. The van der Waals surface area contributed by atoms with E-state index in [1.807, 2.05) is 6.07 Å². The molecule has 0 aliphatic carbocycles. The quantitative estimate of drug-likeness (QED) is 0.808. The molecule has 0 aliphatic heterocycles. The van der Waals surface area contributed by atoms with E-state index in [4.69, 9.17) is 28.5 Å². The molecular weight excluding hydrogens is 313 g/mol. The fourth-order valence-electron chi connectivity index (χ4n) is 1.81. The van der Waals surface area contributed by atoms with Crippen molar-refractivity contribution in [3.8, 4) is 6.07 Å². The first-order valence-corrected chi connectivity index (χ1v) is 6.77. The number of aliphatic hydroxyl groups excluding tert-OH is 1. The van der Waals surface area contributed by atoms with Crippen molar-refractivity contribution >= 4 is 29.1 Å². The minimum absolute atomic E-state index is 0.0463. The van der Waals surface area contributed by atoms with Gasteiger partial charge in [-0.25, -0.2) is 0 Å². The Hall–Kier alpha value is -2.00. The van der Waals surface area contributed by atoms with Crippen LogP contribution in [0, 0.1) is 11.3 Å². The third-order valence-electron chi connectivity index (χ3n) is 2.85. The standard InChI is InChI=1S/C14H11Cl2N3O2/c15-10-2-1-3-11(16)13(10)12(20)7-19-14(21)8-4-9(5-17)18-6-8/h1-4,6,12,18,20H,7H2,(H,19,21)/t12-/m1/s1. The number of aliphatic hydroxyl groups is 1. The van der Waals surface area contributed by atoms with E-state index in [1.165, 1.54) is 12.3 Å². The van der Waals surface area contributed by atoms with Crippen LogP contribution < -0.4 is 5.32 Å². The van der Waals surface area contributed by atoms with E-state index in [2.05, 4.69) is 10.3 Å². The number of nitriles is 1. The minimum Gasteiger partial charge on any atom is -0.386 e. The van der Waals surface area contributed by atoms with Crippen LogP contribution in [0.3, 0.4) is 0 Å². The van der Waals surface area contributed by atoms with Crippen LogP contribution >= 0.6 is 23.2 Å². The molecule has 3 N–H and O–H groups in total. The molecule has 2 rings (SSSR count). The highest BCUT2D eigenvalue weighted by Gasteiger charge is 2.17. The SMILES string of the molecule is N#Cc1cc(C(=O)NC[C@@H](O)c2c(Cl)cccc2Cl)c[nH]1. The average Bonchev–Trinajstić information content (AvgIpc) is 2.93. The molecule has 1 heterocycles. The Morgan fingerprint density at radius 3 is 2.67 bits per heavy atom. The molecule has 0 bridgehead atoms. The van der Waals surface area contributed by atoms with Crippen molar-refractivity contribution in [2.75, 3.05) is 6.54 Å². The van der Waals surface area contributed by atoms with Crippen molar-refractivity contribution in [1.29, 1.82) is 5.26 Å². The monoisotopic (exact) mass is 323 g/mol. The lowest BCUT2D eigenvalue weighted by molar-refractivity contribution is 0.0916. The second-order valence-corrected chi connectivity index (χ2v) is 5.09. The first-order valence-electron chi connectivity index (χ1n) is 6.01. The fraction of sp³-hybridized carbons (Fsp3) is 0.143. The molecule has 1 aromatic heterocycles. The first-order chi connectivity index (χ1) is 10.0. The Balaban J connectivity index is 2.02. The van der Waals surface area contributed by atoms with Crippen molar-refractivity contribution in [1.82, 2.24) is 10.3 Å². The molecule has 1 aromatic carbocycles. The molecule has 0 unspecified atom stereocenters. The van der Waals surface area contributed by atoms with Crippen LogP contribution in [0.5, 0.6) is 0 Å². The van der Waals surface area contributed by atoms with E-state index in [0.29, 0.717) is 21.2 Å². The van der Waals surface area contributed by atoms with Crippen LogP contribution in [0.1, 0.15) is 27.7 Å². The van der Waals surface area contributed by atoms with E-state index < -0.39 is 12.0 Å². The van der Waals surface area contributed by atoms with Crippen LogP contribution in [0.25, 0.3) is 0 Å². The van der Waals surface area contributed by atoms with E-state index in [9.17, 15) is 9.90 Å². The Kier molecular flexibility index (Phi) is 4.86. The predicted octanol–water partition coefficient (Wildman–Crippen LogP) is 2.66. The maximum atomic E-state index is 11.9. The summed E-state index contributed by atoms with van der Waals surface area (Å²) in [4.78, 5) is 14.5. The molecule has 0 spiro atoms. The number of benzene rings is 1. The second kappa shape index (κ2) is 6.64. The predicted molar refractivity (Wildman–Crippen MR) is 79.3 cm³/mol. The number of aromatic nitrogens is 1. The number of halogens is 2. The normalized spacial score (nSPS) is 11.7. The van der Waals surface area contributed by atoms with Crippen molar-refractivity contribution in [3.63, 3.8) is 0 Å². The number of hydrogen-bond donors (Lipinski definition) is 3. The van der Waals surface area contributed by atoms with E-state index in [0.717, 1.165) is 0 Å². The summed E-state index contributed by atoms with van der Waals surface area (Å²) in [6.07, 6.45) is 0.396. The topological polar surface area (TPSA) is 88.9 Å². The van der Waals surface area contributed by atoms with Gasteiger partial charge in [-0.1, -0.05) is 29.3 Å². The third-order valence-corrected chi connectivity index (χ3v) is 3.51. The zero-order chi connectivity index (χ0) is 15.4. The number of hydrogen-bond acceptors (Lipinski definition) is 3. The van der Waals surface area contributed by atoms with Gasteiger partial charge < -0.3 is 15.4 Å². The molecule has 0 saturated carbocycles. The maximum Gasteiger partial charge on any atom is 0.252 e. The third kappa shape index (κ3) is 3.56. The number of amides is 1. The van der Waals surface area contributed by atoms with Crippen molar-refractivity contribution in [2.24, 2.45) is 0 Å². The molecule has 2 aromatic rings. The maximum absolute atomic E-state index is 11.9. The highest BCUT2D eigenvalue weighted by Crippen LogP contribution is 2.29. The van der Waals surface area contributed by atoms with Gasteiger partial charge in [0.2, 0.25) is 0 Å². The zero-order valence-electron chi connectivity index (χ0n) is 10.7. The van der Waals surface area contributed by atoms with Gasteiger partial charge in [-0.2, -0.15) is 5.26 Å². The number of aromatic amines is 1. The summed E-state index contributed by atoms with van der Waals surface area (Å²) in [5.74, 6) is -0.407. The van der Waals surface area contributed by atoms with Gasteiger partial charge in [-0.05, 0) is 18.2 Å². The molecule has 0 aliphatic rings. The fourth-order valence-corrected chi connectivity index (χ4v) is 2.46. The van der Waals surface area contributed by atoms with E-state index >= 15 is 0 Å². The number of carbonyl (C=O) groups is 1. The lowest BCUT2D eigenvalue weighted by Crippen LogP contribution is -2.28. The minimum atomic E-state index is -1.02. The van der Waals surface area contributed by atoms with Crippen LogP contribution in [0.15, 0.2) is 30.5 Å². The van der Waals surface area contributed by atoms with Gasteiger partial charge in [-0.15, -0.1) is 0 Å². The first kappa shape index (κ1) is 15.4. The molecular formula is C14H11Cl2N3O2. The van der Waals surface area contributed by atoms with Crippen molar-refractivity contribution in [3.05, 3.63) is 57.3 Å². The van der Waals surface area contributed by atoms with Gasteiger partial charge in [0, 0.05) is 28.4 Å². The number of carbonyl (C=O) groups excluding carboxylic acids is 1. The smallest absolute Gasteiger partial charge is 0.252 e. The molecule has 0 radical (unpaired) electrons. The number of rotatable bonds is 4. The Morgan fingerprint density at radius 1 is 1.43 bits per heavy atom. The van der Waals surface area contributed by atoms with Crippen molar-refractivity contribution in [2.45, 2.75) is 6.10 Å². The van der Waals surface area contributed by atoms with Gasteiger partial charge in [0.25, 0.3) is 5.91 Å².